The highest BCUT2D eigenvalue weighted by Crippen LogP contribution is 2.50. The Bertz CT molecular complexity index is 558. The molecule has 0 amide bonds. The zero-order valence-corrected chi connectivity index (χ0v) is 13.8. The first-order valence-electron chi connectivity index (χ1n) is 7.98. The number of halogens is 1. The standard InChI is InChI=1S/C17H22BrNO2/c18-14-7-12-3-5-20-15(12)13(8-14)9-17(10-19)4-6-21-16(17)11-1-2-11/h7-8,11,16H,1-6,9-10,19H2. The molecule has 4 heteroatoms. The summed E-state index contributed by atoms with van der Waals surface area (Å²) in [6.45, 7) is 2.36. The van der Waals surface area contributed by atoms with E-state index in [-0.39, 0.29) is 5.41 Å². The fourth-order valence-electron chi connectivity index (χ4n) is 4.08. The summed E-state index contributed by atoms with van der Waals surface area (Å²) in [6.07, 6.45) is 6.02. The highest BCUT2D eigenvalue weighted by Gasteiger charge is 2.50. The van der Waals surface area contributed by atoms with Crippen molar-refractivity contribution in [3.63, 3.8) is 0 Å². The van der Waals surface area contributed by atoms with E-state index in [4.69, 9.17) is 15.2 Å². The van der Waals surface area contributed by atoms with E-state index in [0.29, 0.717) is 12.6 Å². The number of hydrogen-bond donors (Lipinski definition) is 1. The summed E-state index contributed by atoms with van der Waals surface area (Å²) in [5.74, 6) is 1.84. The van der Waals surface area contributed by atoms with Gasteiger partial charge in [0.1, 0.15) is 5.75 Å². The van der Waals surface area contributed by atoms with E-state index in [1.165, 1.54) is 24.0 Å². The van der Waals surface area contributed by atoms with Gasteiger partial charge in [0.25, 0.3) is 0 Å². The summed E-state index contributed by atoms with van der Waals surface area (Å²) in [6, 6.07) is 4.40. The molecule has 2 heterocycles. The summed E-state index contributed by atoms with van der Waals surface area (Å²) < 4.78 is 13.1. The number of hydrogen-bond acceptors (Lipinski definition) is 3. The van der Waals surface area contributed by atoms with Gasteiger partial charge in [-0.3, -0.25) is 0 Å². The lowest BCUT2D eigenvalue weighted by Gasteiger charge is -2.33. The normalized spacial score (nSPS) is 31.2. The summed E-state index contributed by atoms with van der Waals surface area (Å²) in [5.41, 5.74) is 8.95. The quantitative estimate of drug-likeness (QED) is 0.906. The first-order valence-corrected chi connectivity index (χ1v) is 8.77. The summed E-state index contributed by atoms with van der Waals surface area (Å²) >= 11 is 3.64. The molecule has 0 aromatic heterocycles. The van der Waals surface area contributed by atoms with Crippen molar-refractivity contribution in [1.29, 1.82) is 0 Å². The average molecular weight is 352 g/mol. The second-order valence-electron chi connectivity index (χ2n) is 6.77. The lowest BCUT2D eigenvalue weighted by atomic mass is 9.74. The van der Waals surface area contributed by atoms with Gasteiger partial charge in [0.2, 0.25) is 0 Å². The van der Waals surface area contributed by atoms with Crippen LogP contribution in [-0.4, -0.2) is 25.9 Å². The first-order chi connectivity index (χ1) is 10.2. The van der Waals surface area contributed by atoms with Gasteiger partial charge >= 0.3 is 0 Å². The van der Waals surface area contributed by atoms with E-state index < -0.39 is 0 Å². The number of nitrogens with two attached hydrogens (primary N) is 1. The van der Waals surface area contributed by atoms with Gasteiger partial charge in [0.15, 0.2) is 0 Å². The van der Waals surface area contributed by atoms with Crippen molar-refractivity contribution in [3.05, 3.63) is 27.7 Å². The van der Waals surface area contributed by atoms with Crippen LogP contribution in [0, 0.1) is 11.3 Å². The van der Waals surface area contributed by atoms with Gasteiger partial charge in [0, 0.05) is 29.5 Å². The molecule has 0 bridgehead atoms. The Hall–Kier alpha value is -0.580. The minimum absolute atomic E-state index is 0.0989. The van der Waals surface area contributed by atoms with Crippen molar-refractivity contribution >= 4 is 15.9 Å². The third-order valence-corrected chi connectivity index (χ3v) is 5.78. The van der Waals surface area contributed by atoms with Gasteiger partial charge in [-0.05, 0) is 54.9 Å². The topological polar surface area (TPSA) is 44.5 Å². The zero-order chi connectivity index (χ0) is 14.4. The van der Waals surface area contributed by atoms with E-state index in [1.54, 1.807) is 0 Å². The SMILES string of the molecule is NCC1(Cc2cc(Br)cc3c2OCC3)CCOC1C1CC1. The third kappa shape index (κ3) is 2.41. The lowest BCUT2D eigenvalue weighted by molar-refractivity contribution is 0.0342. The molecule has 2 unspecified atom stereocenters. The van der Waals surface area contributed by atoms with Crippen LogP contribution in [0.25, 0.3) is 0 Å². The molecule has 2 N–H and O–H groups in total. The molecule has 0 radical (unpaired) electrons. The molecule has 3 aliphatic rings. The fourth-order valence-corrected chi connectivity index (χ4v) is 4.63. The summed E-state index contributed by atoms with van der Waals surface area (Å²) in [5, 5.41) is 0. The molecule has 4 rings (SSSR count). The summed E-state index contributed by atoms with van der Waals surface area (Å²) in [7, 11) is 0. The van der Waals surface area contributed by atoms with Gasteiger partial charge in [-0.2, -0.15) is 0 Å². The number of fused-ring (bicyclic) bond motifs is 1. The number of ether oxygens (including phenoxy) is 2. The largest absolute Gasteiger partial charge is 0.493 e. The van der Waals surface area contributed by atoms with Gasteiger partial charge in [0.05, 0.1) is 12.7 Å². The van der Waals surface area contributed by atoms with Crippen LogP contribution in [0.4, 0.5) is 0 Å². The molecule has 2 aliphatic heterocycles. The first kappa shape index (κ1) is 14.0. The average Bonchev–Trinajstić information content (AvgIpc) is 3.05. The van der Waals surface area contributed by atoms with Crippen molar-refractivity contribution in [2.45, 2.75) is 38.2 Å². The Morgan fingerprint density at radius 3 is 2.90 bits per heavy atom. The molecular formula is C17H22BrNO2. The van der Waals surface area contributed by atoms with Gasteiger partial charge in [-0.25, -0.2) is 0 Å². The molecule has 0 spiro atoms. The lowest BCUT2D eigenvalue weighted by Crippen LogP contribution is -2.41. The van der Waals surface area contributed by atoms with Gasteiger partial charge < -0.3 is 15.2 Å². The fraction of sp³-hybridized carbons (Fsp3) is 0.647. The van der Waals surface area contributed by atoms with Crippen LogP contribution in [0.3, 0.4) is 0 Å². The van der Waals surface area contributed by atoms with E-state index in [9.17, 15) is 0 Å². The van der Waals surface area contributed by atoms with Crippen molar-refractivity contribution in [2.75, 3.05) is 19.8 Å². The minimum Gasteiger partial charge on any atom is -0.493 e. The van der Waals surface area contributed by atoms with Crippen LogP contribution in [0.1, 0.15) is 30.4 Å². The van der Waals surface area contributed by atoms with Crippen LogP contribution in [0.15, 0.2) is 16.6 Å². The van der Waals surface area contributed by atoms with Gasteiger partial charge in [-0.15, -0.1) is 0 Å². The van der Waals surface area contributed by atoms with E-state index in [1.807, 2.05) is 0 Å². The van der Waals surface area contributed by atoms with Gasteiger partial charge in [-0.1, -0.05) is 15.9 Å². The maximum absolute atomic E-state index is 6.22. The van der Waals surface area contributed by atoms with Crippen LogP contribution in [0.2, 0.25) is 0 Å². The smallest absolute Gasteiger partial charge is 0.125 e. The molecule has 114 valence electrons. The zero-order valence-electron chi connectivity index (χ0n) is 12.2. The van der Waals surface area contributed by atoms with Crippen LogP contribution in [-0.2, 0) is 17.6 Å². The monoisotopic (exact) mass is 351 g/mol. The number of rotatable bonds is 4. The molecule has 1 aromatic rings. The Labute approximate surface area is 134 Å². The maximum Gasteiger partial charge on any atom is 0.125 e. The van der Waals surface area contributed by atoms with Crippen LogP contribution < -0.4 is 10.5 Å². The predicted molar refractivity (Wildman–Crippen MR) is 85.6 cm³/mol. The van der Waals surface area contributed by atoms with Crippen molar-refractivity contribution in [2.24, 2.45) is 17.1 Å². The van der Waals surface area contributed by atoms with Crippen molar-refractivity contribution in [3.8, 4) is 5.75 Å². The van der Waals surface area contributed by atoms with Crippen LogP contribution >= 0.6 is 15.9 Å². The molecule has 1 saturated heterocycles. The highest BCUT2D eigenvalue weighted by atomic mass is 79.9. The molecule has 3 nitrogen and oxygen atoms in total. The highest BCUT2D eigenvalue weighted by molar-refractivity contribution is 9.10. The predicted octanol–water partition coefficient (Wildman–Crippen LogP) is 3.07. The molecule has 2 atom stereocenters. The molecule has 1 aliphatic carbocycles. The number of benzene rings is 1. The Morgan fingerprint density at radius 1 is 1.29 bits per heavy atom. The minimum atomic E-state index is 0.0989. The van der Waals surface area contributed by atoms with E-state index >= 15 is 0 Å². The molecule has 1 saturated carbocycles. The molecule has 21 heavy (non-hydrogen) atoms. The van der Waals surface area contributed by atoms with Crippen molar-refractivity contribution in [1.82, 2.24) is 0 Å². The van der Waals surface area contributed by atoms with Crippen molar-refractivity contribution < 1.29 is 9.47 Å². The van der Waals surface area contributed by atoms with E-state index in [2.05, 4.69) is 28.1 Å². The molecular weight excluding hydrogens is 330 g/mol. The Morgan fingerprint density at radius 2 is 2.14 bits per heavy atom. The summed E-state index contributed by atoms with van der Waals surface area (Å²) in [4.78, 5) is 0. The molecule has 2 fully saturated rings. The Balaban J connectivity index is 1.68. The molecule has 1 aromatic carbocycles. The third-order valence-electron chi connectivity index (χ3n) is 5.33. The second kappa shape index (κ2) is 5.25. The maximum atomic E-state index is 6.22. The Kier molecular flexibility index (Phi) is 3.51. The second-order valence-corrected chi connectivity index (χ2v) is 7.69. The van der Waals surface area contributed by atoms with E-state index in [0.717, 1.165) is 48.6 Å². The van der Waals surface area contributed by atoms with Crippen LogP contribution in [0.5, 0.6) is 5.75 Å².